The van der Waals surface area contributed by atoms with Crippen molar-refractivity contribution in [3.05, 3.63) is 73.3 Å². The Kier molecular flexibility index (Phi) is 6.69. The van der Waals surface area contributed by atoms with Crippen LogP contribution < -0.4 is 16.3 Å². The van der Waals surface area contributed by atoms with E-state index in [2.05, 4.69) is 20.9 Å². The van der Waals surface area contributed by atoms with Gasteiger partial charge in [0.05, 0.1) is 26.7 Å². The number of hydrogen-bond donors (Lipinski definition) is 4. The van der Waals surface area contributed by atoms with E-state index in [-0.39, 0.29) is 15.3 Å². The molecule has 0 aliphatic rings. The Bertz CT molecular complexity index is 1270. The van der Waals surface area contributed by atoms with Crippen molar-refractivity contribution in [1.82, 2.24) is 20.5 Å². The Morgan fingerprint density at radius 3 is 2.31 bits per heavy atom. The van der Waals surface area contributed by atoms with Crippen LogP contribution in [0, 0.1) is 13.8 Å². The summed E-state index contributed by atoms with van der Waals surface area (Å²) in [7, 11) is 0. The molecular weight excluding hydrogens is 434 g/mol. The first kappa shape index (κ1) is 22.7. The maximum Gasteiger partial charge on any atom is 0.322 e. The minimum absolute atomic E-state index is 0.194. The fourth-order valence-corrected chi connectivity index (χ4v) is 3.73. The number of carboxylic acid groups (broad SMARTS) is 1. The van der Waals surface area contributed by atoms with Crippen LogP contribution in [0.3, 0.4) is 0 Å². The normalized spacial score (nSPS) is 11.3. The van der Waals surface area contributed by atoms with E-state index in [0.717, 1.165) is 16.9 Å². The summed E-state index contributed by atoms with van der Waals surface area (Å²) in [6.45, 7) is 4.79. The highest BCUT2D eigenvalue weighted by Gasteiger charge is 2.17. The van der Waals surface area contributed by atoms with Crippen LogP contribution in [0.5, 0.6) is 0 Å². The van der Waals surface area contributed by atoms with Crippen LogP contribution in [0.4, 0.5) is 0 Å². The number of carboxylic acids is 1. The first-order valence-corrected chi connectivity index (χ1v) is 10.3. The van der Waals surface area contributed by atoms with Gasteiger partial charge in [0.1, 0.15) is 6.54 Å². The van der Waals surface area contributed by atoms with Gasteiger partial charge in [-0.1, -0.05) is 17.7 Å². The van der Waals surface area contributed by atoms with Crippen LogP contribution in [0.25, 0.3) is 5.69 Å². The summed E-state index contributed by atoms with van der Waals surface area (Å²) in [6.07, 6.45) is 0. The summed E-state index contributed by atoms with van der Waals surface area (Å²) in [5.74, 6) is -2.31. The first-order valence-electron chi connectivity index (χ1n) is 9.51. The van der Waals surface area contributed by atoms with Gasteiger partial charge >= 0.3 is 5.97 Å². The number of aryl methyl sites for hydroxylation is 2. The molecule has 4 N–H and O–H groups in total. The number of aliphatic carboxylic acids is 1. The largest absolute Gasteiger partial charge is 0.480 e. The van der Waals surface area contributed by atoms with Crippen LogP contribution in [-0.2, 0) is 4.79 Å². The highest BCUT2D eigenvalue weighted by Crippen LogP contribution is 2.16. The number of thiophene rings is 1. The van der Waals surface area contributed by atoms with E-state index in [4.69, 9.17) is 5.11 Å². The van der Waals surface area contributed by atoms with E-state index in [1.165, 1.54) is 16.8 Å². The maximum absolute atomic E-state index is 12.9. The summed E-state index contributed by atoms with van der Waals surface area (Å²) in [5, 5.41) is 17.9. The van der Waals surface area contributed by atoms with Gasteiger partial charge in [-0.25, -0.2) is 10.1 Å². The third-order valence-corrected chi connectivity index (χ3v) is 5.59. The molecule has 0 fully saturated rings. The Hall–Kier alpha value is -3.99. The number of hydrogen-bond acceptors (Lipinski definition) is 6. The molecule has 11 heteroatoms. The predicted octanol–water partition coefficient (Wildman–Crippen LogP) is 1.81. The Labute approximate surface area is 186 Å². The fraction of sp³-hybridized carbons (Fsp3) is 0.190. The summed E-state index contributed by atoms with van der Waals surface area (Å²) in [6, 6.07) is 10.3. The number of H-pyrrole nitrogens is 1. The molecule has 0 saturated heterocycles. The SMILES string of the molecule is C/C(=N\NC(=O)c1ccc(C(=O)NCC(=O)O)s1)c1c(C)[nH]n(-c2ccc(C)cc2)c1=O. The van der Waals surface area contributed by atoms with Crippen molar-refractivity contribution >= 4 is 34.8 Å². The van der Waals surface area contributed by atoms with Crippen LogP contribution >= 0.6 is 11.3 Å². The summed E-state index contributed by atoms with van der Waals surface area (Å²) in [5.41, 5.74) is 5.09. The van der Waals surface area contributed by atoms with Crippen LogP contribution in [0.1, 0.15) is 43.1 Å². The predicted molar refractivity (Wildman–Crippen MR) is 120 cm³/mol. The molecule has 10 nitrogen and oxygen atoms in total. The molecule has 2 amide bonds. The molecule has 0 radical (unpaired) electrons. The molecule has 0 saturated carbocycles. The van der Waals surface area contributed by atoms with Gasteiger partial charge in [-0.2, -0.15) is 5.10 Å². The van der Waals surface area contributed by atoms with E-state index in [1.54, 1.807) is 13.8 Å². The van der Waals surface area contributed by atoms with Crippen molar-refractivity contribution in [2.24, 2.45) is 5.10 Å². The third-order valence-electron chi connectivity index (χ3n) is 4.50. The molecular formula is C21H21N5O5S. The molecule has 3 aromatic rings. The monoisotopic (exact) mass is 455 g/mol. The zero-order valence-corrected chi connectivity index (χ0v) is 18.4. The summed E-state index contributed by atoms with van der Waals surface area (Å²) in [4.78, 5) is 48.1. The molecule has 0 unspecified atom stereocenters. The number of hydrazone groups is 1. The van der Waals surface area contributed by atoms with Crippen molar-refractivity contribution in [3.8, 4) is 5.69 Å². The summed E-state index contributed by atoms with van der Waals surface area (Å²) < 4.78 is 1.41. The van der Waals surface area contributed by atoms with Gasteiger partial charge in [0.2, 0.25) is 0 Å². The van der Waals surface area contributed by atoms with Crippen molar-refractivity contribution in [2.75, 3.05) is 6.54 Å². The number of aromatic amines is 1. The van der Waals surface area contributed by atoms with Crippen LogP contribution in [0.2, 0.25) is 0 Å². The Morgan fingerprint density at radius 2 is 1.69 bits per heavy atom. The lowest BCUT2D eigenvalue weighted by atomic mass is 10.2. The topological polar surface area (TPSA) is 146 Å². The van der Waals surface area contributed by atoms with Gasteiger partial charge < -0.3 is 10.4 Å². The fourth-order valence-electron chi connectivity index (χ4n) is 2.92. The number of nitrogens with one attached hydrogen (secondary N) is 3. The lowest BCUT2D eigenvalue weighted by molar-refractivity contribution is -0.135. The second-order valence-corrected chi connectivity index (χ2v) is 8.05. The van der Waals surface area contributed by atoms with Crippen molar-refractivity contribution in [1.29, 1.82) is 0 Å². The van der Waals surface area contributed by atoms with Crippen molar-refractivity contribution in [2.45, 2.75) is 20.8 Å². The van der Waals surface area contributed by atoms with E-state index >= 15 is 0 Å². The Morgan fingerprint density at radius 1 is 1.06 bits per heavy atom. The smallest absolute Gasteiger partial charge is 0.322 e. The third kappa shape index (κ3) is 5.01. The number of nitrogens with zero attached hydrogens (tertiary/aromatic N) is 2. The molecule has 0 aliphatic carbocycles. The number of carbonyl (C=O) groups excluding carboxylic acids is 2. The average molecular weight is 455 g/mol. The maximum atomic E-state index is 12.9. The van der Waals surface area contributed by atoms with Gasteiger partial charge in [-0.15, -0.1) is 11.3 Å². The molecule has 32 heavy (non-hydrogen) atoms. The molecule has 2 heterocycles. The molecule has 2 aromatic heterocycles. The number of rotatable bonds is 7. The van der Waals surface area contributed by atoms with Crippen LogP contribution in [0.15, 0.2) is 46.3 Å². The van der Waals surface area contributed by atoms with E-state index in [1.807, 2.05) is 31.2 Å². The second kappa shape index (κ2) is 9.43. The molecule has 0 aliphatic heterocycles. The summed E-state index contributed by atoms with van der Waals surface area (Å²) >= 11 is 0.899. The average Bonchev–Trinajstić information content (AvgIpc) is 3.35. The first-order chi connectivity index (χ1) is 15.2. The highest BCUT2D eigenvalue weighted by molar-refractivity contribution is 7.15. The minimum atomic E-state index is -1.17. The molecule has 0 bridgehead atoms. The molecule has 3 rings (SSSR count). The van der Waals surface area contributed by atoms with Crippen molar-refractivity contribution < 1.29 is 19.5 Å². The minimum Gasteiger partial charge on any atom is -0.480 e. The number of benzene rings is 1. The van der Waals surface area contributed by atoms with E-state index < -0.39 is 24.3 Å². The van der Waals surface area contributed by atoms with Gasteiger partial charge in [0.25, 0.3) is 17.4 Å². The second-order valence-electron chi connectivity index (χ2n) is 6.97. The molecule has 0 spiro atoms. The lowest BCUT2D eigenvalue weighted by Gasteiger charge is -2.01. The quantitative estimate of drug-likeness (QED) is 0.317. The molecule has 1 aromatic carbocycles. The van der Waals surface area contributed by atoms with Crippen molar-refractivity contribution in [3.63, 3.8) is 0 Å². The van der Waals surface area contributed by atoms with E-state index in [0.29, 0.717) is 22.7 Å². The number of aromatic nitrogens is 2. The zero-order chi connectivity index (χ0) is 23.4. The molecule has 166 valence electrons. The van der Waals surface area contributed by atoms with E-state index in [9.17, 15) is 19.2 Å². The standard InChI is InChI=1S/C21H21N5O5S/c1-11-4-6-14(7-5-11)26-21(31)18(13(3)25-26)12(2)23-24-20(30)16-9-8-15(32-16)19(29)22-10-17(27)28/h4-9,25H,10H2,1-3H3,(H,22,29)(H,24,30)(H,27,28)/b23-12+. The lowest BCUT2D eigenvalue weighted by Crippen LogP contribution is -2.28. The number of amides is 2. The van der Waals surface area contributed by atoms with Gasteiger partial charge in [0.15, 0.2) is 0 Å². The molecule has 0 atom stereocenters. The number of carbonyl (C=O) groups is 3. The van der Waals surface area contributed by atoms with Gasteiger partial charge in [-0.05, 0) is 45.0 Å². The highest BCUT2D eigenvalue weighted by atomic mass is 32.1. The Balaban J connectivity index is 1.74. The zero-order valence-electron chi connectivity index (χ0n) is 17.6. The van der Waals surface area contributed by atoms with Gasteiger partial charge in [-0.3, -0.25) is 24.3 Å². The van der Waals surface area contributed by atoms with Crippen LogP contribution in [-0.4, -0.2) is 44.9 Å². The van der Waals surface area contributed by atoms with Gasteiger partial charge in [0, 0.05) is 5.69 Å².